The topological polar surface area (TPSA) is 37.3 Å². The molecule has 156 valence electrons. The Hall–Kier alpha value is -2.93. The first-order chi connectivity index (χ1) is 15.0. The van der Waals surface area contributed by atoms with Gasteiger partial charge < -0.3 is 0 Å². The van der Waals surface area contributed by atoms with Crippen molar-refractivity contribution in [1.82, 2.24) is 0 Å². The molecule has 0 aliphatic heterocycles. The zero-order chi connectivity index (χ0) is 21.8. The van der Waals surface area contributed by atoms with Crippen LogP contribution in [0, 0.1) is 0 Å². The van der Waals surface area contributed by atoms with Crippen LogP contribution in [0.15, 0.2) is 115 Å². The predicted molar refractivity (Wildman–Crippen MR) is 133 cm³/mol. The van der Waals surface area contributed by atoms with E-state index in [2.05, 4.69) is 36.4 Å². The monoisotopic (exact) mass is 446 g/mol. The van der Waals surface area contributed by atoms with Gasteiger partial charge in [-0.3, -0.25) is 0 Å². The third-order valence-corrected chi connectivity index (χ3v) is 13.4. The molecule has 0 radical (unpaired) electrons. The first-order valence-electron chi connectivity index (χ1n) is 10.2. The Kier molecular flexibility index (Phi) is 5.96. The molecular formula is C27H24ClO2P. The number of benzene rings is 4. The maximum absolute atomic E-state index is 11.2. The maximum atomic E-state index is 11.2. The fraction of sp³-hybridized carbons (Fsp3) is 0.0741. The molecule has 31 heavy (non-hydrogen) atoms. The minimum absolute atomic E-state index is 0.293. The van der Waals surface area contributed by atoms with Crippen molar-refractivity contribution in [1.29, 1.82) is 0 Å². The van der Waals surface area contributed by atoms with Gasteiger partial charge in [-0.2, -0.15) is 0 Å². The van der Waals surface area contributed by atoms with Gasteiger partial charge in [-0.25, -0.2) is 0 Å². The van der Waals surface area contributed by atoms with Crippen molar-refractivity contribution in [2.45, 2.75) is 6.42 Å². The molecule has 0 spiro atoms. The summed E-state index contributed by atoms with van der Waals surface area (Å²) in [6.45, 7) is 0. The van der Waals surface area contributed by atoms with Crippen molar-refractivity contribution in [2.75, 3.05) is 6.16 Å². The first kappa shape index (κ1) is 21.3. The number of aromatic carboxylic acids is 1. The van der Waals surface area contributed by atoms with Crippen LogP contribution < -0.4 is 15.9 Å². The number of carbonyl (C=O) groups is 1. The molecular weight excluding hydrogens is 423 g/mol. The van der Waals surface area contributed by atoms with E-state index in [9.17, 15) is 9.90 Å². The van der Waals surface area contributed by atoms with E-state index in [1.54, 1.807) is 12.1 Å². The Morgan fingerprint density at radius 3 is 1.39 bits per heavy atom. The van der Waals surface area contributed by atoms with Crippen molar-refractivity contribution >= 4 is 39.1 Å². The molecule has 0 aliphatic rings. The summed E-state index contributed by atoms with van der Waals surface area (Å²) >= 11 is 8.04. The third kappa shape index (κ3) is 3.90. The number of hydrogen-bond acceptors (Lipinski definition) is 1. The van der Waals surface area contributed by atoms with E-state index in [1.807, 2.05) is 66.7 Å². The van der Waals surface area contributed by atoms with Crippen molar-refractivity contribution in [2.24, 2.45) is 0 Å². The van der Waals surface area contributed by atoms with Crippen LogP contribution in [0.1, 0.15) is 15.9 Å². The van der Waals surface area contributed by atoms with Crippen LogP contribution in [0.3, 0.4) is 0 Å². The fourth-order valence-corrected chi connectivity index (χ4v) is 10.2. The summed E-state index contributed by atoms with van der Waals surface area (Å²) in [5.74, 6) is -4.22. The Morgan fingerprint density at radius 1 is 0.645 bits per heavy atom. The van der Waals surface area contributed by atoms with Crippen molar-refractivity contribution in [3.8, 4) is 0 Å². The van der Waals surface area contributed by atoms with Crippen molar-refractivity contribution in [3.05, 3.63) is 126 Å². The first-order valence-corrected chi connectivity index (χ1v) is 13.6. The number of aryl methyl sites for hydroxylation is 1. The molecule has 0 saturated carbocycles. The number of carboxylic acid groups (broad SMARTS) is 1. The standard InChI is InChI=1S/C27H24ClO2P/c28-31(24-10-4-1-5-11-24,25-12-6-2-7-13-25,26-14-8-3-9-15-26)21-20-22-16-18-23(19-17-22)27(29)30/h1-19H,20-21H2,(H,29,30). The molecule has 4 heteroatoms. The minimum atomic E-state index is -3.30. The summed E-state index contributed by atoms with van der Waals surface area (Å²) in [7, 11) is 0. The average molecular weight is 447 g/mol. The average Bonchev–Trinajstić information content (AvgIpc) is 2.84. The number of rotatable bonds is 7. The van der Waals surface area contributed by atoms with Crippen LogP contribution in [0.4, 0.5) is 0 Å². The zero-order valence-electron chi connectivity index (χ0n) is 17.1. The molecule has 0 fully saturated rings. The second kappa shape index (κ2) is 8.67. The quantitative estimate of drug-likeness (QED) is 0.374. The second-order valence-electron chi connectivity index (χ2n) is 7.67. The molecule has 0 amide bonds. The molecule has 4 aromatic rings. The molecule has 0 bridgehead atoms. The van der Waals surface area contributed by atoms with Gasteiger partial charge in [0.25, 0.3) is 0 Å². The van der Waals surface area contributed by atoms with Gasteiger partial charge in [0.1, 0.15) is 0 Å². The third-order valence-electron chi connectivity index (χ3n) is 5.90. The Morgan fingerprint density at radius 2 is 1.03 bits per heavy atom. The van der Waals surface area contributed by atoms with Crippen molar-refractivity contribution in [3.63, 3.8) is 0 Å². The molecule has 0 aliphatic carbocycles. The molecule has 0 saturated heterocycles. The number of halogens is 1. The molecule has 0 heterocycles. The molecule has 4 rings (SSSR count). The summed E-state index contributed by atoms with van der Waals surface area (Å²) in [4.78, 5) is 11.2. The van der Waals surface area contributed by atoms with Crippen LogP contribution in [0.5, 0.6) is 0 Å². The summed E-state index contributed by atoms with van der Waals surface area (Å²) in [6, 6.07) is 38.3. The number of carboxylic acids is 1. The van der Waals surface area contributed by atoms with Crippen LogP contribution in [-0.4, -0.2) is 17.2 Å². The number of hydrogen-bond donors (Lipinski definition) is 1. The fourth-order valence-electron chi connectivity index (χ4n) is 4.20. The van der Waals surface area contributed by atoms with Crippen LogP contribution >= 0.6 is 17.2 Å². The van der Waals surface area contributed by atoms with Gasteiger partial charge >= 0.3 is 188 Å². The van der Waals surface area contributed by atoms with Gasteiger partial charge in [0.15, 0.2) is 0 Å². The van der Waals surface area contributed by atoms with Gasteiger partial charge in [-0.05, 0) is 0 Å². The predicted octanol–water partition coefficient (Wildman–Crippen LogP) is 5.61. The summed E-state index contributed by atoms with van der Waals surface area (Å²) in [5, 5.41) is 12.6. The van der Waals surface area contributed by atoms with Crippen LogP contribution in [0.25, 0.3) is 0 Å². The molecule has 0 aromatic heterocycles. The Bertz CT molecular complexity index is 1060. The van der Waals surface area contributed by atoms with E-state index in [1.165, 1.54) is 0 Å². The summed E-state index contributed by atoms with van der Waals surface area (Å²) < 4.78 is 0. The molecule has 2 nitrogen and oxygen atoms in total. The van der Waals surface area contributed by atoms with Gasteiger partial charge in [0.2, 0.25) is 0 Å². The van der Waals surface area contributed by atoms with E-state index in [0.717, 1.165) is 34.1 Å². The zero-order valence-corrected chi connectivity index (χ0v) is 18.7. The Labute approximate surface area is 187 Å². The van der Waals surface area contributed by atoms with E-state index >= 15 is 0 Å². The van der Waals surface area contributed by atoms with Gasteiger partial charge in [-0.1, -0.05) is 0 Å². The Balaban J connectivity index is 1.89. The molecule has 0 atom stereocenters. The summed E-state index contributed by atoms with van der Waals surface area (Å²) in [6.07, 6.45) is 1.47. The van der Waals surface area contributed by atoms with E-state index in [-0.39, 0.29) is 0 Å². The van der Waals surface area contributed by atoms with Crippen LogP contribution in [0.2, 0.25) is 0 Å². The second-order valence-corrected chi connectivity index (χ2v) is 14.3. The molecule has 1 N–H and O–H groups in total. The van der Waals surface area contributed by atoms with Gasteiger partial charge in [0, 0.05) is 0 Å². The van der Waals surface area contributed by atoms with Gasteiger partial charge in [0.05, 0.1) is 0 Å². The SMILES string of the molecule is O=C(O)c1ccc(CCP(Cl)(c2ccccc2)(c2ccccc2)c2ccccc2)cc1. The van der Waals surface area contributed by atoms with E-state index in [0.29, 0.717) is 5.56 Å². The van der Waals surface area contributed by atoms with Crippen molar-refractivity contribution < 1.29 is 9.90 Å². The summed E-state index contributed by atoms with van der Waals surface area (Å²) in [5.41, 5.74) is 1.36. The van der Waals surface area contributed by atoms with Crippen LogP contribution in [-0.2, 0) is 6.42 Å². The molecule has 4 aromatic carbocycles. The van der Waals surface area contributed by atoms with E-state index in [4.69, 9.17) is 11.2 Å². The van der Waals surface area contributed by atoms with Gasteiger partial charge in [-0.15, -0.1) is 0 Å². The van der Waals surface area contributed by atoms with E-state index < -0.39 is 11.9 Å². The molecule has 0 unspecified atom stereocenters. The normalized spacial score (nSPS) is 12.6.